The maximum atomic E-state index is 10.2. The Morgan fingerprint density at radius 3 is 2.24 bits per heavy atom. The van der Waals surface area contributed by atoms with E-state index in [1.54, 1.807) is 0 Å². The van der Waals surface area contributed by atoms with E-state index in [0.29, 0.717) is 0 Å². The smallest absolute Gasteiger partial charge is 0.0962 e. The van der Waals surface area contributed by atoms with Crippen molar-refractivity contribution in [3.63, 3.8) is 0 Å². The Bertz CT molecular complexity index is 664. The van der Waals surface area contributed by atoms with Crippen LogP contribution >= 0.6 is 0 Å². The molecule has 3 atom stereocenters. The first-order valence-electron chi connectivity index (χ1n) is 9.19. The number of hydrogen-bond acceptors (Lipinski definition) is 4. The number of β-amino-alcohol motifs (C(OH)–C–C–N with tert-alkyl or cyclic N) is 1. The summed E-state index contributed by atoms with van der Waals surface area (Å²) >= 11 is 0. The van der Waals surface area contributed by atoms with Gasteiger partial charge in [-0.1, -0.05) is 60.7 Å². The predicted octanol–water partition coefficient (Wildman–Crippen LogP) is 2.83. The molecule has 2 aromatic rings. The van der Waals surface area contributed by atoms with E-state index in [1.807, 2.05) is 12.1 Å². The van der Waals surface area contributed by atoms with E-state index in [9.17, 15) is 5.11 Å². The molecule has 4 nitrogen and oxygen atoms in total. The molecule has 0 amide bonds. The molecule has 0 bridgehead atoms. The number of nitrogens with zero attached hydrogens (tertiary/aromatic N) is 2. The molecular formula is C21H26N2O2. The van der Waals surface area contributed by atoms with Crippen molar-refractivity contribution in [1.29, 1.82) is 0 Å². The summed E-state index contributed by atoms with van der Waals surface area (Å²) in [5.41, 5.74) is 2.57. The summed E-state index contributed by atoms with van der Waals surface area (Å²) in [6.45, 7) is 3.38. The van der Waals surface area contributed by atoms with Crippen LogP contribution in [0.15, 0.2) is 60.7 Å². The minimum absolute atomic E-state index is 0.171. The molecule has 2 aliphatic heterocycles. The number of likely N-dealkylation sites (tertiary alicyclic amines) is 1. The normalized spacial score (nSPS) is 27.8. The molecule has 132 valence electrons. The molecule has 2 fully saturated rings. The van der Waals surface area contributed by atoms with E-state index in [-0.39, 0.29) is 18.2 Å². The van der Waals surface area contributed by atoms with Gasteiger partial charge in [0.2, 0.25) is 0 Å². The van der Waals surface area contributed by atoms with Crippen molar-refractivity contribution < 1.29 is 9.94 Å². The lowest BCUT2D eigenvalue weighted by molar-refractivity contribution is -0.167. The molecule has 0 radical (unpaired) electrons. The minimum Gasteiger partial charge on any atom is -0.392 e. The fourth-order valence-electron chi connectivity index (χ4n) is 4.03. The van der Waals surface area contributed by atoms with Crippen LogP contribution in [0, 0.1) is 0 Å². The molecule has 0 spiro atoms. The summed E-state index contributed by atoms with van der Waals surface area (Å²) in [6.07, 6.45) is 1.75. The fourth-order valence-corrected chi connectivity index (χ4v) is 4.03. The van der Waals surface area contributed by atoms with Crippen LogP contribution in [-0.2, 0) is 17.9 Å². The monoisotopic (exact) mass is 338 g/mol. The Morgan fingerprint density at radius 2 is 1.56 bits per heavy atom. The van der Waals surface area contributed by atoms with Gasteiger partial charge >= 0.3 is 0 Å². The highest BCUT2D eigenvalue weighted by molar-refractivity contribution is 5.16. The molecule has 0 aromatic heterocycles. The quantitative estimate of drug-likeness (QED) is 0.909. The predicted molar refractivity (Wildman–Crippen MR) is 97.6 cm³/mol. The van der Waals surface area contributed by atoms with E-state index in [0.717, 1.165) is 39.0 Å². The molecule has 1 N–H and O–H groups in total. The molecule has 0 unspecified atom stereocenters. The molecule has 2 heterocycles. The number of benzene rings is 2. The van der Waals surface area contributed by atoms with Gasteiger partial charge in [-0.15, -0.1) is 0 Å². The van der Waals surface area contributed by atoms with Gasteiger partial charge in [0.15, 0.2) is 0 Å². The summed E-state index contributed by atoms with van der Waals surface area (Å²) in [5, 5.41) is 12.3. The minimum atomic E-state index is -0.250. The van der Waals surface area contributed by atoms with Crippen LogP contribution < -0.4 is 0 Å². The number of aliphatic hydroxyl groups is 1. The van der Waals surface area contributed by atoms with E-state index in [2.05, 4.69) is 58.5 Å². The first-order chi connectivity index (χ1) is 12.3. The zero-order valence-electron chi connectivity index (χ0n) is 14.5. The second-order valence-electron chi connectivity index (χ2n) is 7.15. The highest BCUT2D eigenvalue weighted by atomic mass is 16.7. The van der Waals surface area contributed by atoms with Gasteiger partial charge in [0.25, 0.3) is 0 Å². The van der Waals surface area contributed by atoms with Crippen molar-refractivity contribution in [2.24, 2.45) is 0 Å². The van der Waals surface area contributed by atoms with Crippen LogP contribution in [0.2, 0.25) is 0 Å². The van der Waals surface area contributed by atoms with Gasteiger partial charge in [0.1, 0.15) is 0 Å². The Kier molecular flexibility index (Phi) is 5.13. The van der Waals surface area contributed by atoms with Crippen LogP contribution in [0.4, 0.5) is 0 Å². The Labute approximate surface area is 149 Å². The lowest BCUT2D eigenvalue weighted by Crippen LogP contribution is -2.39. The Hall–Kier alpha value is -1.72. The van der Waals surface area contributed by atoms with Crippen LogP contribution in [0.5, 0.6) is 0 Å². The number of hydroxylamine groups is 2. The molecule has 2 aliphatic rings. The van der Waals surface area contributed by atoms with Crippen LogP contribution in [0.3, 0.4) is 0 Å². The highest BCUT2D eigenvalue weighted by Gasteiger charge is 2.40. The molecule has 4 heteroatoms. The van der Waals surface area contributed by atoms with Gasteiger partial charge < -0.3 is 5.11 Å². The van der Waals surface area contributed by atoms with Crippen molar-refractivity contribution >= 4 is 0 Å². The van der Waals surface area contributed by atoms with Crippen molar-refractivity contribution in [1.82, 2.24) is 9.96 Å². The molecule has 2 saturated heterocycles. The largest absolute Gasteiger partial charge is 0.392 e. The standard InChI is InChI=1S/C21H26N2O2/c24-19-13-20(22(16-19)14-17-7-3-1-4-8-17)21-11-12-23(25-21)15-18-9-5-2-6-10-18/h1-10,19-21,24H,11-16H2/t19-,20+,21+/m1/s1. The molecule has 25 heavy (non-hydrogen) atoms. The van der Waals surface area contributed by atoms with Crippen molar-refractivity contribution in [2.75, 3.05) is 13.1 Å². The van der Waals surface area contributed by atoms with Crippen molar-refractivity contribution in [3.05, 3.63) is 71.8 Å². The number of hydrogen-bond donors (Lipinski definition) is 1. The van der Waals surface area contributed by atoms with E-state index >= 15 is 0 Å². The lowest BCUT2D eigenvalue weighted by Gasteiger charge is -2.28. The van der Waals surface area contributed by atoms with Gasteiger partial charge in [-0.2, -0.15) is 5.06 Å². The topological polar surface area (TPSA) is 35.9 Å². The van der Waals surface area contributed by atoms with Crippen LogP contribution in [0.25, 0.3) is 0 Å². The SMILES string of the molecule is O[C@@H]1C[C@@H]([C@@H]2CCN(Cc3ccccc3)O2)N(Cc2ccccc2)C1. The third-order valence-corrected chi connectivity index (χ3v) is 5.23. The first-order valence-corrected chi connectivity index (χ1v) is 9.19. The van der Waals surface area contributed by atoms with E-state index in [1.165, 1.54) is 11.1 Å². The fraction of sp³-hybridized carbons (Fsp3) is 0.429. The highest BCUT2D eigenvalue weighted by Crippen LogP contribution is 2.30. The maximum absolute atomic E-state index is 10.2. The zero-order chi connectivity index (χ0) is 17.1. The van der Waals surface area contributed by atoms with E-state index < -0.39 is 0 Å². The van der Waals surface area contributed by atoms with Gasteiger partial charge in [0.05, 0.1) is 12.2 Å². The second kappa shape index (κ2) is 7.67. The summed E-state index contributed by atoms with van der Waals surface area (Å²) in [4.78, 5) is 8.63. The third-order valence-electron chi connectivity index (χ3n) is 5.23. The zero-order valence-corrected chi connectivity index (χ0v) is 14.5. The van der Waals surface area contributed by atoms with Crippen LogP contribution in [0.1, 0.15) is 24.0 Å². The van der Waals surface area contributed by atoms with Crippen molar-refractivity contribution in [3.8, 4) is 0 Å². The molecular weight excluding hydrogens is 312 g/mol. The van der Waals surface area contributed by atoms with Gasteiger partial charge in [0, 0.05) is 32.2 Å². The molecule has 0 saturated carbocycles. The number of aliphatic hydroxyl groups excluding tert-OH is 1. The summed E-state index contributed by atoms with van der Waals surface area (Å²) in [5.74, 6) is 0. The van der Waals surface area contributed by atoms with Crippen LogP contribution in [-0.4, -0.2) is 46.4 Å². The average molecular weight is 338 g/mol. The average Bonchev–Trinajstić information content (AvgIpc) is 3.23. The lowest BCUT2D eigenvalue weighted by atomic mass is 10.0. The Morgan fingerprint density at radius 1 is 0.920 bits per heavy atom. The summed E-state index contributed by atoms with van der Waals surface area (Å²) in [6, 6.07) is 21.2. The van der Waals surface area contributed by atoms with Gasteiger partial charge in [-0.05, 0) is 24.0 Å². The number of rotatable bonds is 5. The summed E-state index contributed by atoms with van der Waals surface area (Å²) in [7, 11) is 0. The second-order valence-corrected chi connectivity index (χ2v) is 7.15. The maximum Gasteiger partial charge on any atom is 0.0962 e. The Balaban J connectivity index is 1.38. The van der Waals surface area contributed by atoms with E-state index in [4.69, 9.17) is 4.84 Å². The van der Waals surface area contributed by atoms with Gasteiger partial charge in [-0.3, -0.25) is 9.74 Å². The van der Waals surface area contributed by atoms with Crippen molar-refractivity contribution in [2.45, 2.75) is 44.2 Å². The molecule has 0 aliphatic carbocycles. The third kappa shape index (κ3) is 4.10. The molecule has 2 aromatic carbocycles. The van der Waals surface area contributed by atoms with Gasteiger partial charge in [-0.25, -0.2) is 0 Å². The first kappa shape index (κ1) is 16.7. The summed E-state index contributed by atoms with van der Waals surface area (Å²) < 4.78 is 0. The molecule has 4 rings (SSSR count).